The van der Waals surface area contributed by atoms with Gasteiger partial charge in [0, 0.05) is 6.42 Å². The number of methoxy groups -OCH3 is 1. The van der Waals surface area contributed by atoms with Crippen LogP contribution in [0.5, 0.6) is 0 Å². The monoisotopic (exact) mass is 496 g/mol. The summed E-state index contributed by atoms with van der Waals surface area (Å²) in [6, 6.07) is 0. The van der Waals surface area contributed by atoms with Crippen molar-refractivity contribution in [2.45, 2.75) is 96.2 Å². The van der Waals surface area contributed by atoms with Gasteiger partial charge in [0.25, 0.3) is 0 Å². The van der Waals surface area contributed by atoms with Crippen LogP contribution in [0.4, 0.5) is 0 Å². The van der Waals surface area contributed by atoms with E-state index in [1.165, 1.54) is 7.11 Å². The Morgan fingerprint density at radius 1 is 1.00 bits per heavy atom. The molecule has 6 heteroatoms. The highest BCUT2D eigenvalue weighted by molar-refractivity contribution is 14.1. The summed E-state index contributed by atoms with van der Waals surface area (Å²) >= 11 is 1.98. The fourth-order valence-corrected chi connectivity index (χ4v) is 2.97. The van der Waals surface area contributed by atoms with Crippen LogP contribution < -0.4 is 0 Å². The standard InChI is InChI=1S/C21H37IO5/c1-3-4-11-15-19(27-21(25)17-22)18(23)14-12-9-7-5-6-8-10-13-16-20(24)26-2/h9,12,18-19,23H,3-8,10-11,13-17H2,1-2H3/b12-9+. The Morgan fingerprint density at radius 2 is 1.70 bits per heavy atom. The molecule has 0 saturated heterocycles. The number of allylic oxidation sites excluding steroid dienone is 1. The van der Waals surface area contributed by atoms with Crippen LogP contribution in [-0.2, 0) is 19.1 Å². The highest BCUT2D eigenvalue weighted by Crippen LogP contribution is 2.15. The summed E-state index contributed by atoms with van der Waals surface area (Å²) in [6.45, 7) is 2.13. The maximum absolute atomic E-state index is 11.6. The molecule has 5 nitrogen and oxygen atoms in total. The molecule has 0 spiro atoms. The first-order valence-corrected chi connectivity index (χ1v) is 11.7. The summed E-state index contributed by atoms with van der Waals surface area (Å²) in [7, 11) is 1.42. The van der Waals surface area contributed by atoms with E-state index in [2.05, 4.69) is 17.7 Å². The molecule has 2 atom stereocenters. The number of aliphatic hydroxyl groups excluding tert-OH is 1. The zero-order chi connectivity index (χ0) is 20.3. The van der Waals surface area contributed by atoms with E-state index in [-0.39, 0.29) is 11.9 Å². The van der Waals surface area contributed by atoms with Gasteiger partial charge in [-0.1, -0.05) is 73.8 Å². The van der Waals surface area contributed by atoms with Gasteiger partial charge in [-0.15, -0.1) is 0 Å². The fraction of sp³-hybridized carbons (Fsp3) is 0.810. The third-order valence-corrected chi connectivity index (χ3v) is 5.06. The van der Waals surface area contributed by atoms with Gasteiger partial charge in [-0.05, 0) is 38.5 Å². The summed E-state index contributed by atoms with van der Waals surface area (Å²) in [4.78, 5) is 22.5. The summed E-state index contributed by atoms with van der Waals surface area (Å²) in [5.41, 5.74) is 0. The van der Waals surface area contributed by atoms with Crippen LogP contribution >= 0.6 is 22.6 Å². The Morgan fingerprint density at radius 3 is 2.37 bits per heavy atom. The number of esters is 2. The SMILES string of the molecule is CCCCCC(OC(=O)CI)C(O)C/C=C/CCCCCCCC(=O)OC. The number of halogens is 1. The summed E-state index contributed by atoms with van der Waals surface area (Å²) < 4.78 is 10.3. The number of ether oxygens (including phenoxy) is 2. The maximum Gasteiger partial charge on any atom is 0.316 e. The summed E-state index contributed by atoms with van der Waals surface area (Å²) in [6.07, 6.45) is 14.3. The van der Waals surface area contributed by atoms with Crippen molar-refractivity contribution in [1.82, 2.24) is 0 Å². The Balaban J connectivity index is 3.90. The molecule has 0 aliphatic carbocycles. The van der Waals surface area contributed by atoms with Gasteiger partial charge >= 0.3 is 11.9 Å². The molecule has 0 heterocycles. The number of carbonyl (C=O) groups excluding carboxylic acids is 2. The van der Waals surface area contributed by atoms with Crippen molar-refractivity contribution < 1.29 is 24.2 Å². The Hall–Kier alpha value is -0.630. The van der Waals surface area contributed by atoms with Gasteiger partial charge in [0.15, 0.2) is 0 Å². The predicted octanol–water partition coefficient (Wildman–Crippen LogP) is 5.12. The van der Waals surface area contributed by atoms with E-state index in [9.17, 15) is 14.7 Å². The first-order chi connectivity index (χ1) is 13.0. The Kier molecular flexibility index (Phi) is 18.3. The molecule has 2 unspecified atom stereocenters. The fourth-order valence-electron chi connectivity index (χ4n) is 2.79. The van der Waals surface area contributed by atoms with E-state index in [4.69, 9.17) is 4.74 Å². The summed E-state index contributed by atoms with van der Waals surface area (Å²) in [5, 5.41) is 10.3. The van der Waals surface area contributed by atoms with Crippen LogP contribution in [0.1, 0.15) is 84.0 Å². The van der Waals surface area contributed by atoms with Crippen molar-refractivity contribution in [2.24, 2.45) is 0 Å². The van der Waals surface area contributed by atoms with Crippen LogP contribution in [0.2, 0.25) is 0 Å². The third kappa shape index (κ3) is 16.1. The van der Waals surface area contributed by atoms with Crippen LogP contribution in [0.3, 0.4) is 0 Å². The van der Waals surface area contributed by atoms with Gasteiger partial charge in [0.2, 0.25) is 0 Å². The number of carbonyl (C=O) groups is 2. The molecule has 0 amide bonds. The van der Waals surface area contributed by atoms with Crippen molar-refractivity contribution in [3.63, 3.8) is 0 Å². The topological polar surface area (TPSA) is 72.8 Å². The van der Waals surface area contributed by atoms with E-state index in [0.29, 0.717) is 17.3 Å². The van der Waals surface area contributed by atoms with E-state index in [0.717, 1.165) is 64.2 Å². The zero-order valence-corrected chi connectivity index (χ0v) is 19.1. The van der Waals surface area contributed by atoms with Crippen LogP contribution in [0.25, 0.3) is 0 Å². The van der Waals surface area contributed by atoms with Crippen molar-refractivity contribution >= 4 is 34.5 Å². The maximum atomic E-state index is 11.6. The second-order valence-electron chi connectivity index (χ2n) is 6.81. The van der Waals surface area contributed by atoms with E-state index in [1.54, 1.807) is 0 Å². The molecular formula is C21H37IO5. The first kappa shape index (κ1) is 26.4. The molecule has 0 aliphatic rings. The molecule has 1 N–H and O–H groups in total. The molecule has 0 aromatic carbocycles. The van der Waals surface area contributed by atoms with Gasteiger partial charge in [-0.3, -0.25) is 9.59 Å². The second-order valence-corrected chi connectivity index (χ2v) is 7.58. The molecule has 27 heavy (non-hydrogen) atoms. The minimum absolute atomic E-state index is 0.131. The summed E-state index contributed by atoms with van der Waals surface area (Å²) in [5.74, 6) is -0.388. The lowest BCUT2D eigenvalue weighted by Crippen LogP contribution is -2.31. The molecule has 0 rings (SSSR count). The molecule has 0 saturated carbocycles. The number of alkyl halides is 1. The molecule has 0 bridgehead atoms. The molecular weight excluding hydrogens is 459 g/mol. The molecule has 0 fully saturated rings. The number of unbranched alkanes of at least 4 members (excludes halogenated alkanes) is 7. The lowest BCUT2D eigenvalue weighted by atomic mass is 10.0. The van der Waals surface area contributed by atoms with E-state index < -0.39 is 12.2 Å². The molecule has 0 radical (unpaired) electrons. The van der Waals surface area contributed by atoms with E-state index in [1.807, 2.05) is 28.7 Å². The van der Waals surface area contributed by atoms with Crippen molar-refractivity contribution in [3.05, 3.63) is 12.2 Å². The number of hydrogen-bond acceptors (Lipinski definition) is 5. The first-order valence-electron chi connectivity index (χ1n) is 10.2. The Bertz CT molecular complexity index is 411. The van der Waals surface area contributed by atoms with Crippen LogP contribution in [0, 0.1) is 0 Å². The van der Waals surface area contributed by atoms with Gasteiger partial charge in [0.05, 0.1) is 17.6 Å². The largest absolute Gasteiger partial charge is 0.469 e. The normalized spacial score (nSPS) is 13.5. The van der Waals surface area contributed by atoms with Crippen molar-refractivity contribution in [1.29, 1.82) is 0 Å². The zero-order valence-electron chi connectivity index (χ0n) is 17.0. The van der Waals surface area contributed by atoms with Crippen LogP contribution in [0.15, 0.2) is 12.2 Å². The average Bonchev–Trinajstić information content (AvgIpc) is 2.67. The predicted molar refractivity (Wildman–Crippen MR) is 117 cm³/mol. The van der Waals surface area contributed by atoms with Gasteiger partial charge in [-0.25, -0.2) is 0 Å². The van der Waals surface area contributed by atoms with Gasteiger partial charge in [0.1, 0.15) is 6.10 Å². The number of rotatable bonds is 17. The molecule has 158 valence electrons. The van der Waals surface area contributed by atoms with Crippen LogP contribution in [-0.4, -0.2) is 40.8 Å². The molecule has 0 aromatic rings. The van der Waals surface area contributed by atoms with Gasteiger partial charge < -0.3 is 14.6 Å². The molecule has 0 aliphatic heterocycles. The van der Waals surface area contributed by atoms with Crippen molar-refractivity contribution in [3.8, 4) is 0 Å². The van der Waals surface area contributed by atoms with Gasteiger partial charge in [-0.2, -0.15) is 0 Å². The highest BCUT2D eigenvalue weighted by Gasteiger charge is 2.21. The minimum Gasteiger partial charge on any atom is -0.469 e. The lowest BCUT2D eigenvalue weighted by molar-refractivity contribution is -0.152. The molecule has 0 aromatic heterocycles. The smallest absolute Gasteiger partial charge is 0.316 e. The third-order valence-electron chi connectivity index (χ3n) is 4.44. The minimum atomic E-state index is -0.636. The quantitative estimate of drug-likeness (QED) is 0.0995. The highest BCUT2D eigenvalue weighted by atomic mass is 127. The second kappa shape index (κ2) is 18.7. The Labute approximate surface area is 178 Å². The lowest BCUT2D eigenvalue weighted by Gasteiger charge is -2.22. The number of hydrogen-bond donors (Lipinski definition) is 1. The van der Waals surface area contributed by atoms with E-state index >= 15 is 0 Å². The average molecular weight is 496 g/mol. The van der Waals surface area contributed by atoms with Crippen molar-refractivity contribution in [2.75, 3.05) is 11.5 Å². The number of aliphatic hydroxyl groups is 1.